The van der Waals surface area contributed by atoms with Gasteiger partial charge < -0.3 is 10.3 Å². The Morgan fingerprint density at radius 3 is 3.20 bits per heavy atom. The van der Waals surface area contributed by atoms with Crippen LogP contribution in [0.4, 0.5) is 0 Å². The van der Waals surface area contributed by atoms with Crippen molar-refractivity contribution in [3.05, 3.63) is 30.2 Å². The fraction of sp³-hybridized carbons (Fsp3) is 0.417. The SMILES string of the molecule is c1cc2[nH]ccc2c(C2CCCNC2)n1. The number of aromatic nitrogens is 2. The molecule has 3 rings (SSSR count). The first-order valence-electron chi connectivity index (χ1n) is 5.58. The topological polar surface area (TPSA) is 40.7 Å². The highest BCUT2D eigenvalue weighted by atomic mass is 14.9. The third-order valence-corrected chi connectivity index (χ3v) is 3.19. The zero-order valence-corrected chi connectivity index (χ0v) is 8.66. The van der Waals surface area contributed by atoms with Gasteiger partial charge >= 0.3 is 0 Å². The van der Waals surface area contributed by atoms with Gasteiger partial charge in [0.2, 0.25) is 0 Å². The first-order chi connectivity index (χ1) is 7.45. The summed E-state index contributed by atoms with van der Waals surface area (Å²) in [6.45, 7) is 2.22. The van der Waals surface area contributed by atoms with E-state index in [4.69, 9.17) is 0 Å². The number of H-pyrrole nitrogens is 1. The number of hydrogen-bond acceptors (Lipinski definition) is 2. The highest BCUT2D eigenvalue weighted by Crippen LogP contribution is 2.27. The number of nitrogens with one attached hydrogen (secondary N) is 2. The summed E-state index contributed by atoms with van der Waals surface area (Å²) >= 11 is 0. The standard InChI is InChI=1S/C12H15N3/c1-2-9(8-13-5-1)12-10-3-6-14-11(10)4-7-15-12/h3-4,6-7,9,13-14H,1-2,5,8H2. The molecule has 1 atom stereocenters. The summed E-state index contributed by atoms with van der Waals surface area (Å²) in [7, 11) is 0. The molecule has 0 aliphatic carbocycles. The van der Waals surface area contributed by atoms with Gasteiger partial charge in [-0.1, -0.05) is 0 Å². The van der Waals surface area contributed by atoms with Crippen molar-refractivity contribution in [1.82, 2.24) is 15.3 Å². The fourth-order valence-electron chi connectivity index (χ4n) is 2.42. The van der Waals surface area contributed by atoms with Crippen molar-refractivity contribution in [2.75, 3.05) is 13.1 Å². The zero-order valence-electron chi connectivity index (χ0n) is 8.66. The number of pyridine rings is 1. The summed E-state index contributed by atoms with van der Waals surface area (Å²) in [5, 5.41) is 4.72. The third kappa shape index (κ3) is 1.53. The Hall–Kier alpha value is -1.35. The van der Waals surface area contributed by atoms with E-state index in [9.17, 15) is 0 Å². The van der Waals surface area contributed by atoms with E-state index in [1.807, 2.05) is 18.5 Å². The predicted octanol–water partition coefficient (Wildman–Crippen LogP) is 2.03. The molecule has 15 heavy (non-hydrogen) atoms. The lowest BCUT2D eigenvalue weighted by atomic mass is 9.94. The summed E-state index contributed by atoms with van der Waals surface area (Å²) in [6, 6.07) is 4.17. The minimum atomic E-state index is 0.582. The van der Waals surface area contributed by atoms with Crippen LogP contribution in [-0.2, 0) is 0 Å². The third-order valence-electron chi connectivity index (χ3n) is 3.19. The average molecular weight is 201 g/mol. The van der Waals surface area contributed by atoms with Crippen LogP contribution in [0, 0.1) is 0 Å². The Balaban J connectivity index is 2.05. The van der Waals surface area contributed by atoms with Gasteiger partial charge in [-0.25, -0.2) is 0 Å². The van der Waals surface area contributed by atoms with Crippen LogP contribution in [-0.4, -0.2) is 23.1 Å². The maximum atomic E-state index is 4.54. The number of fused-ring (bicyclic) bond motifs is 1. The second-order valence-electron chi connectivity index (χ2n) is 4.18. The second kappa shape index (κ2) is 3.66. The van der Waals surface area contributed by atoms with Crippen LogP contribution in [0.1, 0.15) is 24.5 Å². The largest absolute Gasteiger partial charge is 0.361 e. The van der Waals surface area contributed by atoms with Crippen LogP contribution in [0.2, 0.25) is 0 Å². The molecule has 1 saturated heterocycles. The Bertz CT molecular complexity index is 455. The molecule has 3 heteroatoms. The van der Waals surface area contributed by atoms with Gasteiger partial charge in [-0.2, -0.15) is 0 Å². The number of piperidine rings is 1. The molecule has 3 heterocycles. The molecular formula is C12H15N3. The molecule has 0 radical (unpaired) electrons. The Morgan fingerprint density at radius 1 is 1.33 bits per heavy atom. The van der Waals surface area contributed by atoms with E-state index in [-0.39, 0.29) is 0 Å². The molecule has 1 aliphatic rings. The molecule has 2 aromatic rings. The van der Waals surface area contributed by atoms with E-state index in [2.05, 4.69) is 21.4 Å². The van der Waals surface area contributed by atoms with E-state index >= 15 is 0 Å². The van der Waals surface area contributed by atoms with Gasteiger partial charge in [-0.15, -0.1) is 0 Å². The summed E-state index contributed by atoms with van der Waals surface area (Å²) in [5.41, 5.74) is 2.45. The maximum absolute atomic E-state index is 4.54. The van der Waals surface area contributed by atoms with Crippen LogP contribution in [0.15, 0.2) is 24.5 Å². The Kier molecular flexibility index (Phi) is 2.18. The van der Waals surface area contributed by atoms with Gasteiger partial charge in [0.15, 0.2) is 0 Å². The van der Waals surface area contributed by atoms with Crippen molar-refractivity contribution in [3.8, 4) is 0 Å². The van der Waals surface area contributed by atoms with Gasteiger partial charge in [0.1, 0.15) is 0 Å². The van der Waals surface area contributed by atoms with Gasteiger partial charge in [0.25, 0.3) is 0 Å². The van der Waals surface area contributed by atoms with E-state index < -0.39 is 0 Å². The number of aromatic amines is 1. The summed E-state index contributed by atoms with van der Waals surface area (Å²) < 4.78 is 0. The number of hydrogen-bond donors (Lipinski definition) is 2. The van der Waals surface area contributed by atoms with Crippen LogP contribution in [0.5, 0.6) is 0 Å². The fourth-order valence-corrected chi connectivity index (χ4v) is 2.42. The molecule has 0 bridgehead atoms. The van der Waals surface area contributed by atoms with E-state index in [0.717, 1.165) is 13.1 Å². The molecule has 2 aromatic heterocycles. The molecule has 1 unspecified atom stereocenters. The molecule has 2 N–H and O–H groups in total. The van der Waals surface area contributed by atoms with Gasteiger partial charge in [-0.05, 0) is 31.5 Å². The van der Waals surface area contributed by atoms with Crippen LogP contribution in [0.25, 0.3) is 10.9 Å². The smallest absolute Gasteiger partial charge is 0.0540 e. The van der Waals surface area contributed by atoms with Crippen molar-refractivity contribution in [3.63, 3.8) is 0 Å². The molecule has 0 amide bonds. The highest BCUT2D eigenvalue weighted by molar-refractivity contribution is 5.81. The van der Waals surface area contributed by atoms with Gasteiger partial charge in [0.05, 0.1) is 5.69 Å². The van der Waals surface area contributed by atoms with Crippen molar-refractivity contribution in [2.45, 2.75) is 18.8 Å². The summed E-state index contributed by atoms with van der Waals surface area (Å²) in [4.78, 5) is 7.78. The monoisotopic (exact) mass is 201 g/mol. The minimum Gasteiger partial charge on any atom is -0.361 e. The minimum absolute atomic E-state index is 0.582. The predicted molar refractivity (Wildman–Crippen MR) is 60.9 cm³/mol. The van der Waals surface area contributed by atoms with Crippen molar-refractivity contribution >= 4 is 10.9 Å². The van der Waals surface area contributed by atoms with Gasteiger partial charge in [-0.3, -0.25) is 4.98 Å². The molecule has 3 nitrogen and oxygen atoms in total. The van der Waals surface area contributed by atoms with Crippen LogP contribution in [0.3, 0.4) is 0 Å². The van der Waals surface area contributed by atoms with E-state index in [1.54, 1.807) is 0 Å². The van der Waals surface area contributed by atoms with Crippen molar-refractivity contribution in [2.24, 2.45) is 0 Å². The van der Waals surface area contributed by atoms with E-state index in [0.29, 0.717) is 5.92 Å². The second-order valence-corrected chi connectivity index (χ2v) is 4.18. The normalized spacial score (nSPS) is 22.0. The Morgan fingerprint density at radius 2 is 2.33 bits per heavy atom. The lowest BCUT2D eigenvalue weighted by Crippen LogP contribution is -2.28. The van der Waals surface area contributed by atoms with Crippen LogP contribution >= 0.6 is 0 Å². The first-order valence-corrected chi connectivity index (χ1v) is 5.58. The quantitative estimate of drug-likeness (QED) is 0.741. The number of nitrogens with zero attached hydrogens (tertiary/aromatic N) is 1. The zero-order chi connectivity index (χ0) is 10.1. The van der Waals surface area contributed by atoms with Crippen LogP contribution < -0.4 is 5.32 Å². The molecule has 1 fully saturated rings. The number of rotatable bonds is 1. The Labute approximate surface area is 88.9 Å². The van der Waals surface area contributed by atoms with Crippen molar-refractivity contribution < 1.29 is 0 Å². The van der Waals surface area contributed by atoms with Crippen molar-refractivity contribution in [1.29, 1.82) is 0 Å². The van der Waals surface area contributed by atoms with E-state index in [1.165, 1.54) is 29.4 Å². The summed E-state index contributed by atoms with van der Waals surface area (Å²) in [6.07, 6.45) is 6.41. The lowest BCUT2D eigenvalue weighted by Gasteiger charge is -2.22. The lowest BCUT2D eigenvalue weighted by molar-refractivity contribution is 0.457. The molecule has 0 spiro atoms. The molecule has 0 saturated carbocycles. The molecule has 0 aromatic carbocycles. The molecule has 78 valence electrons. The molecular weight excluding hydrogens is 186 g/mol. The first kappa shape index (κ1) is 8.92. The summed E-state index contributed by atoms with van der Waals surface area (Å²) in [5.74, 6) is 0.582. The maximum Gasteiger partial charge on any atom is 0.0540 e. The van der Waals surface area contributed by atoms with Gasteiger partial charge in [0, 0.05) is 35.8 Å². The molecule has 1 aliphatic heterocycles. The average Bonchev–Trinajstić information content (AvgIpc) is 2.78. The highest BCUT2D eigenvalue weighted by Gasteiger charge is 2.18.